The monoisotopic (exact) mass is 291 g/mol. The van der Waals surface area contributed by atoms with Crippen LogP contribution in [0.2, 0.25) is 5.02 Å². The largest absolute Gasteiger partial charge is 0.396 e. The van der Waals surface area contributed by atoms with Crippen LogP contribution < -0.4 is 5.32 Å². The third-order valence-corrected chi connectivity index (χ3v) is 3.00. The van der Waals surface area contributed by atoms with Crippen molar-refractivity contribution in [2.75, 3.05) is 11.9 Å². The highest BCUT2D eigenvalue weighted by Crippen LogP contribution is 2.23. The number of nitrogens with one attached hydrogen (secondary N) is 1. The molecule has 2 N–H and O–H groups in total. The van der Waals surface area contributed by atoms with Crippen LogP contribution in [-0.2, 0) is 13.1 Å². The molecule has 2 aromatic rings. The molecular formula is C13H14ClN5O. The molecule has 1 aromatic heterocycles. The molecule has 6 nitrogen and oxygen atoms in total. The molecule has 0 bridgehead atoms. The van der Waals surface area contributed by atoms with Gasteiger partial charge in [-0.15, -0.1) is 5.10 Å². The number of hydrogen-bond donors (Lipinski definition) is 2. The summed E-state index contributed by atoms with van der Waals surface area (Å²) in [6.07, 6.45) is 2.47. The van der Waals surface area contributed by atoms with Gasteiger partial charge in [0.15, 0.2) is 0 Å². The van der Waals surface area contributed by atoms with Crippen LogP contribution >= 0.6 is 11.6 Å². The molecule has 1 heterocycles. The molecule has 1 aromatic carbocycles. The van der Waals surface area contributed by atoms with Gasteiger partial charge in [-0.3, -0.25) is 4.68 Å². The normalized spacial score (nSPS) is 10.2. The van der Waals surface area contributed by atoms with Crippen LogP contribution in [0, 0.1) is 11.3 Å². The Balaban J connectivity index is 1.95. The summed E-state index contributed by atoms with van der Waals surface area (Å²) in [5.41, 5.74) is 2.05. The molecule has 0 spiro atoms. The molecule has 0 aliphatic heterocycles. The Morgan fingerprint density at radius 2 is 2.30 bits per heavy atom. The first-order valence-electron chi connectivity index (χ1n) is 6.16. The lowest BCUT2D eigenvalue weighted by molar-refractivity contribution is 0.276. The van der Waals surface area contributed by atoms with E-state index in [1.165, 1.54) is 0 Å². The van der Waals surface area contributed by atoms with E-state index in [0.717, 1.165) is 11.4 Å². The van der Waals surface area contributed by atoms with Gasteiger partial charge in [-0.05, 0) is 24.6 Å². The van der Waals surface area contributed by atoms with E-state index >= 15 is 0 Å². The average molecular weight is 292 g/mol. The molecule has 0 radical (unpaired) electrons. The summed E-state index contributed by atoms with van der Waals surface area (Å²) in [4.78, 5) is 0. The zero-order valence-electron chi connectivity index (χ0n) is 10.8. The first-order chi connectivity index (χ1) is 9.72. The van der Waals surface area contributed by atoms with Gasteiger partial charge in [0.1, 0.15) is 5.69 Å². The number of nitriles is 1. The maximum Gasteiger partial charge on any atom is 0.102 e. The number of aromatic nitrogens is 3. The Morgan fingerprint density at radius 1 is 1.45 bits per heavy atom. The maximum atomic E-state index is 8.77. The lowest BCUT2D eigenvalue weighted by Crippen LogP contribution is -2.01. The predicted molar refractivity (Wildman–Crippen MR) is 75.2 cm³/mol. The van der Waals surface area contributed by atoms with Crippen molar-refractivity contribution in [3.63, 3.8) is 0 Å². The van der Waals surface area contributed by atoms with Gasteiger partial charge in [0.05, 0.1) is 35.1 Å². The van der Waals surface area contributed by atoms with Gasteiger partial charge in [-0.25, -0.2) is 0 Å². The van der Waals surface area contributed by atoms with Crippen LogP contribution in [0.15, 0.2) is 24.4 Å². The van der Waals surface area contributed by atoms with Crippen LogP contribution in [-0.4, -0.2) is 26.7 Å². The molecule has 0 aliphatic carbocycles. The topological polar surface area (TPSA) is 86.8 Å². The predicted octanol–water partition coefficient (Wildman–Crippen LogP) is 1.80. The molecule has 0 fully saturated rings. The Morgan fingerprint density at radius 3 is 3.00 bits per heavy atom. The third-order valence-electron chi connectivity index (χ3n) is 2.69. The highest BCUT2D eigenvalue weighted by Gasteiger charge is 2.04. The van der Waals surface area contributed by atoms with Crippen LogP contribution in [0.3, 0.4) is 0 Å². The Kier molecular flexibility index (Phi) is 4.93. The number of aliphatic hydroxyl groups is 1. The second kappa shape index (κ2) is 6.89. The van der Waals surface area contributed by atoms with Gasteiger partial charge in [0, 0.05) is 13.2 Å². The minimum atomic E-state index is 0.133. The number of anilines is 1. The first kappa shape index (κ1) is 14.3. The first-order valence-corrected chi connectivity index (χ1v) is 6.54. The molecule has 0 amide bonds. The second-order valence-electron chi connectivity index (χ2n) is 4.21. The zero-order chi connectivity index (χ0) is 14.4. The van der Waals surface area contributed by atoms with Crippen molar-refractivity contribution >= 4 is 17.3 Å². The van der Waals surface area contributed by atoms with Gasteiger partial charge in [0.25, 0.3) is 0 Å². The van der Waals surface area contributed by atoms with E-state index < -0.39 is 0 Å². The summed E-state index contributed by atoms with van der Waals surface area (Å²) in [7, 11) is 0. The quantitative estimate of drug-likeness (QED) is 0.847. The minimum Gasteiger partial charge on any atom is -0.396 e. The number of halogens is 1. The summed E-state index contributed by atoms with van der Waals surface area (Å²) >= 11 is 6.07. The molecule has 0 saturated carbocycles. The molecule has 0 aliphatic rings. The van der Waals surface area contributed by atoms with Crippen molar-refractivity contribution in [1.29, 1.82) is 5.26 Å². The SMILES string of the molecule is N#Cc1ccc(NCc2cn(CCCO)nn2)c(Cl)c1. The van der Waals surface area contributed by atoms with E-state index in [1.807, 2.05) is 12.3 Å². The van der Waals surface area contributed by atoms with Crippen molar-refractivity contribution in [1.82, 2.24) is 15.0 Å². The number of nitrogens with zero attached hydrogens (tertiary/aromatic N) is 4. The van der Waals surface area contributed by atoms with E-state index in [-0.39, 0.29) is 6.61 Å². The lowest BCUT2D eigenvalue weighted by atomic mass is 10.2. The van der Waals surface area contributed by atoms with E-state index in [2.05, 4.69) is 15.6 Å². The molecular weight excluding hydrogens is 278 g/mol. The van der Waals surface area contributed by atoms with Gasteiger partial charge >= 0.3 is 0 Å². The fourth-order valence-corrected chi connectivity index (χ4v) is 1.92. The summed E-state index contributed by atoms with van der Waals surface area (Å²) in [6.45, 7) is 1.26. The summed E-state index contributed by atoms with van der Waals surface area (Å²) < 4.78 is 1.69. The van der Waals surface area contributed by atoms with Crippen LogP contribution in [0.4, 0.5) is 5.69 Å². The van der Waals surface area contributed by atoms with Crippen molar-refractivity contribution in [3.05, 3.63) is 40.7 Å². The Hall–Kier alpha value is -2.10. The number of hydrogen-bond acceptors (Lipinski definition) is 5. The highest BCUT2D eigenvalue weighted by atomic mass is 35.5. The van der Waals surface area contributed by atoms with Gasteiger partial charge in [-0.1, -0.05) is 16.8 Å². The fraction of sp³-hybridized carbons (Fsp3) is 0.308. The summed E-state index contributed by atoms with van der Waals surface area (Å²) in [5, 5.41) is 29.1. The molecule has 7 heteroatoms. The minimum absolute atomic E-state index is 0.133. The summed E-state index contributed by atoms with van der Waals surface area (Å²) in [5.74, 6) is 0. The van der Waals surface area contributed by atoms with Crippen LogP contribution in [0.1, 0.15) is 17.7 Å². The van der Waals surface area contributed by atoms with Crippen molar-refractivity contribution in [2.45, 2.75) is 19.5 Å². The van der Waals surface area contributed by atoms with E-state index in [1.54, 1.807) is 22.9 Å². The van der Waals surface area contributed by atoms with Crippen LogP contribution in [0.25, 0.3) is 0 Å². The molecule has 20 heavy (non-hydrogen) atoms. The highest BCUT2D eigenvalue weighted by molar-refractivity contribution is 6.33. The van der Waals surface area contributed by atoms with Crippen LogP contribution in [0.5, 0.6) is 0 Å². The lowest BCUT2D eigenvalue weighted by Gasteiger charge is -2.06. The molecule has 0 saturated heterocycles. The Bertz CT molecular complexity index is 619. The fourth-order valence-electron chi connectivity index (χ4n) is 1.68. The van der Waals surface area contributed by atoms with E-state index in [0.29, 0.717) is 30.1 Å². The van der Waals surface area contributed by atoms with E-state index in [9.17, 15) is 0 Å². The molecule has 0 atom stereocenters. The average Bonchev–Trinajstić information content (AvgIpc) is 2.91. The standard InChI is InChI=1S/C13H14ClN5O/c14-12-6-10(7-15)2-3-13(12)16-8-11-9-19(18-17-11)4-1-5-20/h2-3,6,9,16,20H,1,4-5,8H2. The maximum absolute atomic E-state index is 8.77. The van der Waals surface area contributed by atoms with Crippen molar-refractivity contribution < 1.29 is 5.11 Å². The molecule has 2 rings (SSSR count). The zero-order valence-corrected chi connectivity index (χ0v) is 11.5. The third kappa shape index (κ3) is 3.70. The number of aryl methyl sites for hydroxylation is 1. The number of benzene rings is 1. The second-order valence-corrected chi connectivity index (χ2v) is 4.62. The van der Waals surface area contributed by atoms with Crippen molar-refractivity contribution in [3.8, 4) is 6.07 Å². The molecule has 104 valence electrons. The number of rotatable bonds is 6. The van der Waals surface area contributed by atoms with E-state index in [4.69, 9.17) is 22.0 Å². The van der Waals surface area contributed by atoms with Gasteiger partial charge in [0.2, 0.25) is 0 Å². The van der Waals surface area contributed by atoms with Gasteiger partial charge in [-0.2, -0.15) is 5.26 Å². The Labute approximate surface area is 121 Å². The molecule has 0 unspecified atom stereocenters. The van der Waals surface area contributed by atoms with Gasteiger partial charge < -0.3 is 10.4 Å². The van der Waals surface area contributed by atoms with Crippen molar-refractivity contribution in [2.24, 2.45) is 0 Å². The summed E-state index contributed by atoms with van der Waals surface area (Å²) in [6, 6.07) is 7.11. The smallest absolute Gasteiger partial charge is 0.102 e. The number of aliphatic hydroxyl groups excluding tert-OH is 1.